The van der Waals surface area contributed by atoms with Gasteiger partial charge in [-0.2, -0.15) is 10.2 Å². The number of aryl methyl sites for hydroxylation is 1. The summed E-state index contributed by atoms with van der Waals surface area (Å²) in [5.41, 5.74) is 2.11. The van der Waals surface area contributed by atoms with Crippen LogP contribution in [0.5, 0.6) is 0 Å². The minimum absolute atomic E-state index is 0.0174. The highest BCUT2D eigenvalue weighted by molar-refractivity contribution is 5.95. The lowest BCUT2D eigenvalue weighted by molar-refractivity contribution is 0.0925. The lowest BCUT2D eigenvalue weighted by atomic mass is 9.82. The van der Waals surface area contributed by atoms with Gasteiger partial charge in [0.2, 0.25) is 0 Å². The van der Waals surface area contributed by atoms with Crippen molar-refractivity contribution in [1.82, 2.24) is 25.3 Å². The van der Waals surface area contributed by atoms with Crippen LogP contribution in [0.15, 0.2) is 59.7 Å². The average molecular weight is 445 g/mol. The summed E-state index contributed by atoms with van der Waals surface area (Å²) in [4.78, 5) is 24.8. The molecule has 5 rings (SSSR count). The number of aromatic amines is 1. The number of carbonyl (C=O) groups excluding carboxylic acids is 1. The van der Waals surface area contributed by atoms with Gasteiger partial charge >= 0.3 is 0 Å². The molecule has 0 spiro atoms. The zero-order valence-electron chi connectivity index (χ0n) is 18.2. The first kappa shape index (κ1) is 21.1. The van der Waals surface area contributed by atoms with E-state index in [2.05, 4.69) is 20.6 Å². The summed E-state index contributed by atoms with van der Waals surface area (Å²) in [6.45, 7) is 0. The van der Waals surface area contributed by atoms with E-state index in [0.29, 0.717) is 22.1 Å². The molecule has 8 heteroatoms. The number of fused-ring (bicyclic) bond motifs is 1. The Labute approximate surface area is 189 Å². The van der Waals surface area contributed by atoms with Crippen molar-refractivity contribution in [2.75, 3.05) is 0 Å². The van der Waals surface area contributed by atoms with E-state index in [1.807, 2.05) is 24.3 Å². The third kappa shape index (κ3) is 4.16. The molecule has 0 saturated heterocycles. The van der Waals surface area contributed by atoms with Crippen LogP contribution < -0.4 is 10.9 Å². The average Bonchev–Trinajstić information content (AvgIpc) is 3.26. The van der Waals surface area contributed by atoms with Crippen LogP contribution in [0.3, 0.4) is 0 Å². The number of hydrogen-bond donors (Lipinski definition) is 2. The summed E-state index contributed by atoms with van der Waals surface area (Å²) in [7, 11) is 1.77. The Morgan fingerprint density at radius 1 is 1.12 bits per heavy atom. The molecule has 2 N–H and O–H groups in total. The number of hydrogen-bond acceptors (Lipinski definition) is 4. The predicted octanol–water partition coefficient (Wildman–Crippen LogP) is 3.92. The summed E-state index contributed by atoms with van der Waals surface area (Å²) < 4.78 is 16.2. The topological polar surface area (TPSA) is 92.7 Å². The molecule has 0 aliphatic heterocycles. The van der Waals surface area contributed by atoms with Gasteiger partial charge in [0.15, 0.2) is 0 Å². The third-order valence-corrected chi connectivity index (χ3v) is 6.42. The Balaban J connectivity index is 1.25. The van der Waals surface area contributed by atoms with Crippen LogP contribution >= 0.6 is 0 Å². The maximum absolute atomic E-state index is 14.6. The van der Waals surface area contributed by atoms with E-state index in [1.54, 1.807) is 36.3 Å². The quantitative estimate of drug-likeness (QED) is 0.498. The molecule has 33 heavy (non-hydrogen) atoms. The standard InChI is InChI=1S/C25H24FN5O2/c1-31-14-17(13-27-31)19-11-8-16(12-22(19)26)24(32)28-18-9-6-15(7-10-18)23-20-4-2-3-5-21(20)25(33)30-29-23/h2-5,8,11-15,18H,6-7,9-10H2,1H3,(H,28,32)(H,30,33). The van der Waals surface area contributed by atoms with Crippen molar-refractivity contribution in [3.8, 4) is 11.1 Å². The molecule has 0 radical (unpaired) electrons. The predicted molar refractivity (Wildman–Crippen MR) is 123 cm³/mol. The number of amides is 1. The molecule has 1 fully saturated rings. The normalized spacial score (nSPS) is 18.4. The molecule has 2 aromatic carbocycles. The van der Waals surface area contributed by atoms with Crippen molar-refractivity contribution in [3.05, 3.63) is 82.3 Å². The van der Waals surface area contributed by atoms with Gasteiger partial charge in [-0.05, 0) is 43.9 Å². The Hall–Kier alpha value is -3.81. The van der Waals surface area contributed by atoms with Crippen molar-refractivity contribution in [2.45, 2.75) is 37.6 Å². The Morgan fingerprint density at radius 3 is 2.58 bits per heavy atom. The first-order valence-corrected chi connectivity index (χ1v) is 11.1. The van der Waals surface area contributed by atoms with Gasteiger partial charge in [-0.3, -0.25) is 14.3 Å². The van der Waals surface area contributed by atoms with Crippen LogP contribution in [-0.4, -0.2) is 31.9 Å². The van der Waals surface area contributed by atoms with Gasteiger partial charge in [0, 0.05) is 47.3 Å². The van der Waals surface area contributed by atoms with Crippen LogP contribution in [0.2, 0.25) is 0 Å². The molecular formula is C25H24FN5O2. The van der Waals surface area contributed by atoms with Crippen molar-refractivity contribution >= 4 is 16.7 Å². The molecule has 168 valence electrons. The van der Waals surface area contributed by atoms with Crippen molar-refractivity contribution < 1.29 is 9.18 Å². The number of rotatable bonds is 4. The largest absolute Gasteiger partial charge is 0.349 e. The highest BCUT2D eigenvalue weighted by atomic mass is 19.1. The molecule has 0 atom stereocenters. The van der Waals surface area contributed by atoms with Gasteiger partial charge in [0.25, 0.3) is 11.5 Å². The maximum Gasteiger partial charge on any atom is 0.272 e. The number of aromatic nitrogens is 4. The van der Waals surface area contributed by atoms with E-state index in [0.717, 1.165) is 36.8 Å². The van der Waals surface area contributed by atoms with Crippen LogP contribution in [0.25, 0.3) is 21.9 Å². The Morgan fingerprint density at radius 2 is 1.88 bits per heavy atom. The second-order valence-corrected chi connectivity index (χ2v) is 8.60. The molecule has 1 aliphatic carbocycles. The summed E-state index contributed by atoms with van der Waals surface area (Å²) >= 11 is 0. The second kappa shape index (κ2) is 8.61. The Bertz CT molecular complexity index is 1390. The van der Waals surface area contributed by atoms with Crippen molar-refractivity contribution in [1.29, 1.82) is 0 Å². The van der Waals surface area contributed by atoms with Gasteiger partial charge in [-0.25, -0.2) is 9.49 Å². The molecule has 0 bridgehead atoms. The summed E-state index contributed by atoms with van der Waals surface area (Å²) in [5, 5.41) is 15.6. The van der Waals surface area contributed by atoms with Gasteiger partial charge in [0.05, 0.1) is 17.3 Å². The van der Waals surface area contributed by atoms with E-state index in [1.165, 1.54) is 6.07 Å². The molecule has 7 nitrogen and oxygen atoms in total. The number of H-pyrrole nitrogens is 1. The maximum atomic E-state index is 14.6. The molecule has 1 amide bonds. The molecule has 1 saturated carbocycles. The second-order valence-electron chi connectivity index (χ2n) is 8.60. The first-order valence-electron chi connectivity index (χ1n) is 11.1. The van der Waals surface area contributed by atoms with Crippen LogP contribution in [0, 0.1) is 5.82 Å². The molecule has 2 heterocycles. The highest BCUT2D eigenvalue weighted by Gasteiger charge is 2.26. The molecular weight excluding hydrogens is 421 g/mol. The third-order valence-electron chi connectivity index (χ3n) is 6.42. The van der Waals surface area contributed by atoms with Gasteiger partial charge in [-0.15, -0.1) is 0 Å². The molecule has 4 aromatic rings. The van der Waals surface area contributed by atoms with Crippen molar-refractivity contribution in [3.63, 3.8) is 0 Å². The van der Waals surface area contributed by atoms with Gasteiger partial charge in [0.1, 0.15) is 5.82 Å². The van der Waals surface area contributed by atoms with Crippen molar-refractivity contribution in [2.24, 2.45) is 7.05 Å². The minimum atomic E-state index is -0.449. The SMILES string of the molecule is Cn1cc(-c2ccc(C(=O)NC3CCC(c4n[nH]c(=O)c5ccccc45)CC3)cc2F)cn1. The highest BCUT2D eigenvalue weighted by Crippen LogP contribution is 2.34. The fourth-order valence-corrected chi connectivity index (χ4v) is 4.68. The van der Waals surface area contributed by atoms with Gasteiger partial charge in [-0.1, -0.05) is 24.3 Å². The van der Waals surface area contributed by atoms with E-state index >= 15 is 0 Å². The zero-order valence-corrected chi connectivity index (χ0v) is 18.2. The van der Waals surface area contributed by atoms with E-state index in [-0.39, 0.29) is 23.4 Å². The monoisotopic (exact) mass is 445 g/mol. The zero-order chi connectivity index (χ0) is 22.9. The molecule has 0 unspecified atom stereocenters. The smallest absolute Gasteiger partial charge is 0.272 e. The van der Waals surface area contributed by atoms with Crippen LogP contribution in [-0.2, 0) is 7.05 Å². The van der Waals surface area contributed by atoms with Crippen LogP contribution in [0.1, 0.15) is 47.7 Å². The molecule has 1 aliphatic rings. The summed E-state index contributed by atoms with van der Waals surface area (Å²) in [6, 6.07) is 12.1. The number of carbonyl (C=O) groups is 1. The van der Waals surface area contributed by atoms with Gasteiger partial charge < -0.3 is 5.32 Å². The van der Waals surface area contributed by atoms with E-state index in [9.17, 15) is 14.0 Å². The van der Waals surface area contributed by atoms with Crippen LogP contribution in [0.4, 0.5) is 4.39 Å². The fourth-order valence-electron chi connectivity index (χ4n) is 4.68. The molecule has 2 aromatic heterocycles. The van der Waals surface area contributed by atoms with E-state index in [4.69, 9.17) is 0 Å². The number of halogens is 1. The summed E-state index contributed by atoms with van der Waals surface area (Å²) in [5.74, 6) is -0.505. The summed E-state index contributed by atoms with van der Waals surface area (Å²) in [6.07, 6.45) is 6.61. The minimum Gasteiger partial charge on any atom is -0.349 e. The number of nitrogens with zero attached hydrogens (tertiary/aromatic N) is 3. The number of nitrogens with one attached hydrogen (secondary N) is 2. The lowest BCUT2D eigenvalue weighted by Gasteiger charge is -2.29. The fraction of sp³-hybridized carbons (Fsp3) is 0.280. The Kier molecular flexibility index (Phi) is 5.50. The van der Waals surface area contributed by atoms with E-state index < -0.39 is 5.82 Å². The first-order chi connectivity index (χ1) is 16.0. The lowest BCUT2D eigenvalue weighted by Crippen LogP contribution is -2.37. The number of benzene rings is 2.